The standard InChI is InChI=1S/C20H27N3O5.CCl2O/c1-5-8-22-16-7-6-14(9-13(16)10-17(22)24)23-12-15(27-19(23)26)11-21-18(25)28-20(2,3)4;2-1(3)4/h6-7,9,15H,5,8,10-12H2,1-4H3,(H,21,25);/t15-;/m0./s1. The predicted molar refractivity (Wildman–Crippen MR) is 122 cm³/mol. The van der Waals surface area contributed by atoms with Crippen molar-refractivity contribution in [2.75, 3.05) is 29.4 Å². The van der Waals surface area contributed by atoms with Crippen LogP contribution in [0.25, 0.3) is 0 Å². The van der Waals surface area contributed by atoms with Gasteiger partial charge in [-0.15, -0.1) is 0 Å². The summed E-state index contributed by atoms with van der Waals surface area (Å²) < 4.78 is 9.65. The minimum atomic E-state index is -0.889. The van der Waals surface area contributed by atoms with E-state index in [0.29, 0.717) is 25.2 Å². The molecule has 1 aromatic rings. The number of hydrogen-bond acceptors (Lipinski definition) is 6. The maximum Gasteiger partial charge on any atom is 0.414 e. The summed E-state index contributed by atoms with van der Waals surface area (Å²) in [4.78, 5) is 48.5. The number of fused-ring (bicyclic) bond motifs is 1. The molecule has 0 unspecified atom stereocenters. The quantitative estimate of drug-likeness (QED) is 0.616. The first-order chi connectivity index (χ1) is 14.9. The summed E-state index contributed by atoms with van der Waals surface area (Å²) in [5.74, 6) is 0.0810. The summed E-state index contributed by atoms with van der Waals surface area (Å²) in [6, 6.07) is 5.57. The fourth-order valence-electron chi connectivity index (χ4n) is 3.36. The van der Waals surface area contributed by atoms with Gasteiger partial charge >= 0.3 is 16.9 Å². The minimum Gasteiger partial charge on any atom is -0.444 e. The fourth-order valence-corrected chi connectivity index (χ4v) is 3.36. The van der Waals surface area contributed by atoms with E-state index in [9.17, 15) is 14.4 Å². The summed E-state index contributed by atoms with van der Waals surface area (Å²) in [5, 5.41) is 2.62. The Balaban J connectivity index is 0.000000837. The van der Waals surface area contributed by atoms with Gasteiger partial charge in [-0.2, -0.15) is 0 Å². The molecule has 11 heteroatoms. The molecule has 0 spiro atoms. The highest BCUT2D eigenvalue weighted by molar-refractivity contribution is 6.93. The summed E-state index contributed by atoms with van der Waals surface area (Å²) in [6.07, 6.45) is -0.251. The number of carbonyl (C=O) groups is 4. The summed E-state index contributed by atoms with van der Waals surface area (Å²) in [6.45, 7) is 8.56. The van der Waals surface area contributed by atoms with Gasteiger partial charge in [0.15, 0.2) is 0 Å². The molecule has 0 saturated carbocycles. The van der Waals surface area contributed by atoms with Crippen LogP contribution in [0.3, 0.4) is 0 Å². The van der Waals surface area contributed by atoms with Crippen molar-refractivity contribution in [3.05, 3.63) is 23.8 Å². The molecule has 32 heavy (non-hydrogen) atoms. The number of rotatable bonds is 5. The third kappa shape index (κ3) is 7.27. The van der Waals surface area contributed by atoms with Crippen LogP contribution in [0.2, 0.25) is 0 Å². The topological polar surface area (TPSA) is 105 Å². The maximum absolute atomic E-state index is 12.3. The Morgan fingerprint density at radius 1 is 1.25 bits per heavy atom. The Morgan fingerprint density at radius 2 is 1.91 bits per heavy atom. The minimum absolute atomic E-state index is 0.0810. The van der Waals surface area contributed by atoms with Crippen LogP contribution in [0.1, 0.15) is 39.7 Å². The fraction of sp³-hybridized carbons (Fsp3) is 0.524. The van der Waals surface area contributed by atoms with Crippen LogP contribution in [-0.2, 0) is 20.7 Å². The second-order valence-corrected chi connectivity index (χ2v) is 9.14. The Morgan fingerprint density at radius 3 is 2.50 bits per heavy atom. The average Bonchev–Trinajstić information content (AvgIpc) is 3.18. The van der Waals surface area contributed by atoms with Crippen molar-refractivity contribution in [3.63, 3.8) is 0 Å². The molecule has 2 heterocycles. The monoisotopic (exact) mass is 487 g/mol. The van der Waals surface area contributed by atoms with Gasteiger partial charge in [0.25, 0.3) is 0 Å². The molecule has 2 aliphatic heterocycles. The van der Waals surface area contributed by atoms with E-state index in [1.54, 1.807) is 25.7 Å². The van der Waals surface area contributed by atoms with Gasteiger partial charge in [0, 0.05) is 17.9 Å². The van der Waals surface area contributed by atoms with Crippen molar-refractivity contribution >= 4 is 57.4 Å². The lowest BCUT2D eigenvalue weighted by atomic mass is 10.1. The second kappa shape index (κ2) is 10.9. The highest BCUT2D eigenvalue weighted by Crippen LogP contribution is 2.33. The van der Waals surface area contributed by atoms with Gasteiger partial charge < -0.3 is 19.7 Å². The van der Waals surface area contributed by atoms with Crippen LogP contribution in [0.4, 0.5) is 25.8 Å². The van der Waals surface area contributed by atoms with Crippen molar-refractivity contribution in [2.24, 2.45) is 0 Å². The molecule has 0 aromatic heterocycles. The highest BCUT2D eigenvalue weighted by atomic mass is 35.5. The van der Waals surface area contributed by atoms with E-state index in [1.165, 1.54) is 4.90 Å². The van der Waals surface area contributed by atoms with E-state index in [-0.39, 0.29) is 12.5 Å². The highest BCUT2D eigenvalue weighted by Gasteiger charge is 2.34. The Kier molecular flexibility index (Phi) is 8.74. The number of ether oxygens (including phenoxy) is 2. The zero-order valence-corrected chi connectivity index (χ0v) is 20.0. The number of nitrogens with one attached hydrogen (secondary N) is 1. The number of hydrogen-bond donors (Lipinski definition) is 1. The Labute approximate surface area is 196 Å². The van der Waals surface area contributed by atoms with Gasteiger partial charge in [0.2, 0.25) is 5.91 Å². The average molecular weight is 488 g/mol. The lowest BCUT2D eigenvalue weighted by molar-refractivity contribution is -0.117. The first kappa shape index (κ1) is 25.7. The molecule has 1 atom stereocenters. The van der Waals surface area contributed by atoms with Gasteiger partial charge in [-0.3, -0.25) is 14.5 Å². The first-order valence-corrected chi connectivity index (χ1v) is 10.9. The lowest BCUT2D eigenvalue weighted by Crippen LogP contribution is -2.38. The van der Waals surface area contributed by atoms with Crippen LogP contribution < -0.4 is 15.1 Å². The smallest absolute Gasteiger partial charge is 0.414 e. The SMILES string of the molecule is CCCN1C(=O)Cc2cc(N3C[C@H](CNC(=O)OC(C)(C)C)OC3=O)ccc21.O=C(Cl)Cl. The number of alkyl carbamates (subject to hydrolysis) is 1. The number of halogens is 2. The molecule has 9 nitrogen and oxygen atoms in total. The van der Waals surface area contributed by atoms with Gasteiger partial charge in [-0.25, -0.2) is 9.59 Å². The predicted octanol–water partition coefficient (Wildman–Crippen LogP) is 4.42. The number of carbonyl (C=O) groups excluding carboxylic acids is 4. The lowest BCUT2D eigenvalue weighted by Gasteiger charge is -2.20. The molecule has 1 N–H and O–H groups in total. The van der Waals surface area contributed by atoms with Crippen LogP contribution in [0.5, 0.6) is 0 Å². The molecule has 1 fully saturated rings. The molecular weight excluding hydrogens is 461 g/mol. The number of benzene rings is 1. The zero-order valence-electron chi connectivity index (χ0n) is 18.4. The summed E-state index contributed by atoms with van der Waals surface area (Å²) in [5.41, 5.74) is 1.93. The third-order valence-electron chi connectivity index (χ3n) is 4.50. The van der Waals surface area contributed by atoms with E-state index in [2.05, 4.69) is 28.5 Å². The van der Waals surface area contributed by atoms with E-state index in [1.807, 2.05) is 25.1 Å². The molecule has 3 amide bonds. The number of nitrogens with zero attached hydrogens (tertiary/aromatic N) is 2. The van der Waals surface area contributed by atoms with Gasteiger partial charge in [-0.1, -0.05) is 6.92 Å². The summed E-state index contributed by atoms with van der Waals surface area (Å²) in [7, 11) is 0. The van der Waals surface area contributed by atoms with Gasteiger partial charge in [-0.05, 0) is 74.2 Å². The summed E-state index contributed by atoms with van der Waals surface area (Å²) >= 11 is 8.80. The second-order valence-electron chi connectivity index (χ2n) is 8.26. The molecular formula is C21H27Cl2N3O6. The van der Waals surface area contributed by atoms with Crippen molar-refractivity contribution < 1.29 is 28.7 Å². The van der Waals surface area contributed by atoms with Crippen LogP contribution >= 0.6 is 23.2 Å². The third-order valence-corrected chi connectivity index (χ3v) is 4.50. The van der Waals surface area contributed by atoms with E-state index in [0.717, 1.165) is 17.7 Å². The first-order valence-electron chi connectivity index (χ1n) is 10.1. The van der Waals surface area contributed by atoms with E-state index in [4.69, 9.17) is 14.3 Å². The molecule has 0 bridgehead atoms. The van der Waals surface area contributed by atoms with Gasteiger partial charge in [0.1, 0.15) is 11.7 Å². The van der Waals surface area contributed by atoms with Crippen LogP contribution in [0, 0.1) is 0 Å². The van der Waals surface area contributed by atoms with Crippen LogP contribution in [-0.4, -0.2) is 54.1 Å². The largest absolute Gasteiger partial charge is 0.444 e. The number of cyclic esters (lactones) is 1. The normalized spacial score (nSPS) is 17.4. The maximum atomic E-state index is 12.3. The Hall–Kier alpha value is -2.52. The molecule has 0 aliphatic carbocycles. The van der Waals surface area contributed by atoms with Gasteiger partial charge in [0.05, 0.1) is 19.5 Å². The molecule has 0 radical (unpaired) electrons. The van der Waals surface area contributed by atoms with Crippen molar-refractivity contribution in [2.45, 2.75) is 52.2 Å². The van der Waals surface area contributed by atoms with Crippen LogP contribution in [0.15, 0.2) is 18.2 Å². The number of amides is 3. The van der Waals surface area contributed by atoms with E-state index >= 15 is 0 Å². The van der Waals surface area contributed by atoms with Crippen molar-refractivity contribution in [1.29, 1.82) is 0 Å². The molecule has 176 valence electrons. The number of anilines is 2. The molecule has 2 aliphatic rings. The van der Waals surface area contributed by atoms with E-state index < -0.39 is 28.6 Å². The zero-order chi connectivity index (χ0) is 24.1. The molecule has 3 rings (SSSR count). The van der Waals surface area contributed by atoms with Crippen molar-refractivity contribution in [1.82, 2.24) is 5.32 Å². The molecule has 1 saturated heterocycles. The Bertz CT molecular complexity index is 883. The molecule has 1 aromatic carbocycles. The van der Waals surface area contributed by atoms with Crippen molar-refractivity contribution in [3.8, 4) is 0 Å².